The van der Waals surface area contributed by atoms with E-state index >= 15 is 0 Å². The topological polar surface area (TPSA) is 99.9 Å². The van der Waals surface area contributed by atoms with Gasteiger partial charge < -0.3 is 19.7 Å². The van der Waals surface area contributed by atoms with Crippen molar-refractivity contribution in [1.29, 1.82) is 0 Å². The third-order valence-corrected chi connectivity index (χ3v) is 4.43. The number of carboxylic acids is 1. The van der Waals surface area contributed by atoms with Gasteiger partial charge in [-0.25, -0.2) is 4.79 Å². The van der Waals surface area contributed by atoms with Crippen molar-refractivity contribution in [2.24, 2.45) is 5.92 Å². The van der Waals surface area contributed by atoms with Crippen LogP contribution in [0.25, 0.3) is 0 Å². The summed E-state index contributed by atoms with van der Waals surface area (Å²) >= 11 is 0. The van der Waals surface area contributed by atoms with Crippen LogP contribution in [-0.2, 0) is 22.6 Å². The van der Waals surface area contributed by atoms with E-state index in [0.717, 1.165) is 5.56 Å². The third kappa shape index (κ3) is 5.45. The Morgan fingerprint density at radius 2 is 1.82 bits per heavy atom. The minimum absolute atomic E-state index is 0.0763. The van der Waals surface area contributed by atoms with Gasteiger partial charge in [0.2, 0.25) is 11.8 Å². The highest BCUT2D eigenvalue weighted by Gasteiger charge is 2.28. The summed E-state index contributed by atoms with van der Waals surface area (Å²) in [4.78, 5) is 37.8. The number of rotatable bonds is 8. The summed E-state index contributed by atoms with van der Waals surface area (Å²) in [7, 11) is 1.60. The van der Waals surface area contributed by atoms with E-state index in [1.807, 2.05) is 44.2 Å². The summed E-state index contributed by atoms with van der Waals surface area (Å²) in [6.45, 7) is 5.40. The van der Waals surface area contributed by atoms with Crippen LogP contribution in [0.4, 0.5) is 0 Å². The Hall–Kier alpha value is -3.09. The molecule has 0 fully saturated rings. The highest BCUT2D eigenvalue weighted by atomic mass is 16.4. The molecule has 0 aliphatic rings. The Morgan fingerprint density at radius 1 is 1.18 bits per heavy atom. The van der Waals surface area contributed by atoms with Crippen molar-refractivity contribution in [3.05, 3.63) is 59.0 Å². The smallest absolute Gasteiger partial charge is 0.339 e. The number of carbonyl (C=O) groups is 3. The Balaban J connectivity index is 2.03. The number of nitrogens with one attached hydrogen (secondary N) is 1. The molecule has 1 aromatic carbocycles. The number of furan rings is 1. The summed E-state index contributed by atoms with van der Waals surface area (Å²) in [5.41, 5.74) is 0.947. The number of carboxylic acid groups (broad SMARTS) is 1. The van der Waals surface area contributed by atoms with Gasteiger partial charge in [-0.15, -0.1) is 0 Å². The maximum atomic E-state index is 12.9. The average molecular weight is 386 g/mol. The number of hydrogen-bond donors (Lipinski definition) is 2. The van der Waals surface area contributed by atoms with Gasteiger partial charge in [-0.2, -0.15) is 0 Å². The van der Waals surface area contributed by atoms with Crippen LogP contribution in [0.5, 0.6) is 0 Å². The van der Waals surface area contributed by atoms with Crippen molar-refractivity contribution < 1.29 is 23.9 Å². The van der Waals surface area contributed by atoms with E-state index in [4.69, 9.17) is 9.52 Å². The molecule has 1 heterocycles. The zero-order chi connectivity index (χ0) is 20.8. The quantitative estimate of drug-likeness (QED) is 0.726. The van der Waals surface area contributed by atoms with Crippen LogP contribution >= 0.6 is 0 Å². The molecular weight excluding hydrogens is 360 g/mol. The van der Waals surface area contributed by atoms with Gasteiger partial charge in [0.05, 0.1) is 13.0 Å². The number of carbonyl (C=O) groups excluding carboxylic acids is 2. The van der Waals surface area contributed by atoms with Crippen LogP contribution in [0.2, 0.25) is 0 Å². The van der Waals surface area contributed by atoms with Crippen molar-refractivity contribution in [1.82, 2.24) is 10.2 Å². The first-order valence-corrected chi connectivity index (χ1v) is 9.10. The van der Waals surface area contributed by atoms with Crippen molar-refractivity contribution in [3.63, 3.8) is 0 Å². The molecule has 2 rings (SSSR count). The lowest BCUT2D eigenvalue weighted by Crippen LogP contribution is -2.50. The SMILES string of the molecule is Cc1oc(CN(C)C(=O)C(NC(=O)Cc2ccccc2)C(C)C)cc1C(=O)O. The van der Waals surface area contributed by atoms with Crippen molar-refractivity contribution >= 4 is 17.8 Å². The molecule has 0 aliphatic heterocycles. The highest BCUT2D eigenvalue weighted by molar-refractivity contribution is 5.89. The summed E-state index contributed by atoms with van der Waals surface area (Å²) in [5, 5.41) is 11.9. The summed E-state index contributed by atoms with van der Waals surface area (Å²) in [6.07, 6.45) is 0.195. The predicted molar refractivity (Wildman–Crippen MR) is 104 cm³/mol. The van der Waals surface area contributed by atoms with E-state index in [1.165, 1.54) is 11.0 Å². The fraction of sp³-hybridized carbons (Fsp3) is 0.381. The fourth-order valence-electron chi connectivity index (χ4n) is 2.90. The number of hydrogen-bond acceptors (Lipinski definition) is 4. The van der Waals surface area contributed by atoms with Crippen molar-refractivity contribution in [3.8, 4) is 0 Å². The molecule has 0 radical (unpaired) electrons. The van der Waals surface area contributed by atoms with E-state index in [2.05, 4.69) is 5.32 Å². The fourth-order valence-corrected chi connectivity index (χ4v) is 2.90. The van der Waals surface area contributed by atoms with Gasteiger partial charge in [0.25, 0.3) is 0 Å². The lowest BCUT2D eigenvalue weighted by molar-refractivity contribution is -0.137. The van der Waals surface area contributed by atoms with E-state index in [9.17, 15) is 14.4 Å². The Kier molecular flexibility index (Phi) is 6.98. The second kappa shape index (κ2) is 9.21. The van der Waals surface area contributed by atoms with Crippen LogP contribution in [0.15, 0.2) is 40.8 Å². The van der Waals surface area contributed by atoms with Gasteiger partial charge in [-0.3, -0.25) is 9.59 Å². The summed E-state index contributed by atoms with van der Waals surface area (Å²) in [5.74, 6) is -1.00. The Labute approximate surface area is 164 Å². The molecule has 0 spiro atoms. The number of aromatic carboxylic acids is 1. The van der Waals surface area contributed by atoms with Gasteiger partial charge >= 0.3 is 5.97 Å². The van der Waals surface area contributed by atoms with Crippen LogP contribution in [0.3, 0.4) is 0 Å². The van der Waals surface area contributed by atoms with Crippen LogP contribution in [-0.4, -0.2) is 40.9 Å². The summed E-state index contributed by atoms with van der Waals surface area (Å²) in [6, 6.07) is 10.0. The normalized spacial score (nSPS) is 11.9. The number of benzene rings is 1. The first-order valence-electron chi connectivity index (χ1n) is 9.10. The van der Waals surface area contributed by atoms with E-state index in [0.29, 0.717) is 11.5 Å². The second-order valence-corrected chi connectivity index (χ2v) is 7.13. The maximum Gasteiger partial charge on any atom is 0.339 e. The molecule has 7 heteroatoms. The molecule has 0 bridgehead atoms. The molecule has 2 amide bonds. The monoisotopic (exact) mass is 386 g/mol. The van der Waals surface area contributed by atoms with Crippen LogP contribution in [0.1, 0.15) is 41.3 Å². The van der Waals surface area contributed by atoms with Crippen LogP contribution < -0.4 is 5.32 Å². The molecule has 0 aliphatic carbocycles. The van der Waals surface area contributed by atoms with E-state index in [-0.39, 0.29) is 36.3 Å². The van der Waals surface area contributed by atoms with Gasteiger partial charge in [0.15, 0.2) is 0 Å². The standard InChI is InChI=1S/C21H26N2O5/c1-13(2)19(22-18(24)10-15-8-6-5-7-9-15)20(25)23(4)12-16-11-17(21(26)27)14(3)28-16/h5-9,11,13,19H,10,12H2,1-4H3,(H,22,24)(H,26,27). The zero-order valence-corrected chi connectivity index (χ0v) is 16.6. The minimum Gasteiger partial charge on any atom is -0.478 e. The number of amides is 2. The van der Waals surface area contributed by atoms with E-state index < -0.39 is 12.0 Å². The maximum absolute atomic E-state index is 12.9. The predicted octanol–water partition coefficient (Wildman–Crippen LogP) is 2.63. The highest BCUT2D eigenvalue weighted by Crippen LogP contribution is 2.17. The molecular formula is C21H26N2O5. The van der Waals surface area contributed by atoms with Gasteiger partial charge in [0, 0.05) is 7.05 Å². The number of aryl methyl sites for hydroxylation is 1. The van der Waals surface area contributed by atoms with Gasteiger partial charge in [-0.05, 0) is 24.5 Å². The first-order chi connectivity index (χ1) is 13.2. The Morgan fingerprint density at radius 3 is 2.36 bits per heavy atom. The first kappa shape index (κ1) is 21.2. The lowest BCUT2D eigenvalue weighted by Gasteiger charge is -2.26. The number of nitrogens with zero attached hydrogens (tertiary/aromatic N) is 1. The van der Waals surface area contributed by atoms with E-state index in [1.54, 1.807) is 14.0 Å². The second-order valence-electron chi connectivity index (χ2n) is 7.13. The Bertz CT molecular complexity index is 842. The molecule has 1 atom stereocenters. The molecule has 0 saturated heterocycles. The number of likely N-dealkylation sites (N-methyl/N-ethyl adjacent to an activating group) is 1. The molecule has 2 aromatic rings. The zero-order valence-electron chi connectivity index (χ0n) is 16.6. The molecule has 150 valence electrons. The third-order valence-electron chi connectivity index (χ3n) is 4.43. The summed E-state index contributed by atoms with van der Waals surface area (Å²) < 4.78 is 5.44. The van der Waals surface area contributed by atoms with Crippen molar-refractivity contribution in [2.45, 2.75) is 39.8 Å². The van der Waals surface area contributed by atoms with Crippen molar-refractivity contribution in [2.75, 3.05) is 7.05 Å². The largest absolute Gasteiger partial charge is 0.478 e. The molecule has 2 N–H and O–H groups in total. The lowest BCUT2D eigenvalue weighted by atomic mass is 10.0. The minimum atomic E-state index is -1.07. The molecule has 1 unspecified atom stereocenters. The molecule has 1 aromatic heterocycles. The van der Waals surface area contributed by atoms with Gasteiger partial charge in [0.1, 0.15) is 23.1 Å². The van der Waals surface area contributed by atoms with Crippen LogP contribution in [0, 0.1) is 12.8 Å². The molecule has 7 nitrogen and oxygen atoms in total. The van der Waals surface area contributed by atoms with Gasteiger partial charge in [-0.1, -0.05) is 44.2 Å². The average Bonchev–Trinajstić information content (AvgIpc) is 3.00. The molecule has 28 heavy (non-hydrogen) atoms. The molecule has 0 saturated carbocycles.